The SMILES string of the molecule is O=C(c1ccc2noc(-c3ccccc3)c2c1)N1CC(Oc2cccc(C(F)(F)F)n2)C1. The Morgan fingerprint density at radius 3 is 2.56 bits per heavy atom. The maximum absolute atomic E-state index is 12.9. The maximum atomic E-state index is 12.9. The van der Waals surface area contributed by atoms with Crippen molar-refractivity contribution in [1.29, 1.82) is 0 Å². The van der Waals surface area contributed by atoms with Gasteiger partial charge in [-0.05, 0) is 24.3 Å². The third-order valence-corrected chi connectivity index (χ3v) is 5.20. The lowest BCUT2D eigenvalue weighted by atomic mass is 10.0. The summed E-state index contributed by atoms with van der Waals surface area (Å²) in [5.41, 5.74) is 0.943. The summed E-state index contributed by atoms with van der Waals surface area (Å²) in [4.78, 5) is 17.9. The molecule has 162 valence electrons. The van der Waals surface area contributed by atoms with E-state index in [9.17, 15) is 18.0 Å². The number of rotatable bonds is 4. The first-order valence-electron chi connectivity index (χ1n) is 9.83. The molecule has 1 fully saturated rings. The number of hydrogen-bond acceptors (Lipinski definition) is 5. The molecule has 3 heterocycles. The predicted molar refractivity (Wildman–Crippen MR) is 109 cm³/mol. The van der Waals surface area contributed by atoms with Crippen LogP contribution in [-0.2, 0) is 6.18 Å². The van der Waals surface area contributed by atoms with Gasteiger partial charge in [-0.25, -0.2) is 4.98 Å². The number of likely N-dealkylation sites (tertiary alicyclic amines) is 1. The van der Waals surface area contributed by atoms with Gasteiger partial charge in [-0.3, -0.25) is 4.79 Å². The first kappa shape index (κ1) is 20.0. The van der Waals surface area contributed by atoms with Crippen molar-refractivity contribution in [2.24, 2.45) is 0 Å². The smallest absolute Gasteiger partial charge is 0.433 e. The summed E-state index contributed by atoms with van der Waals surface area (Å²) in [6.45, 7) is 0.508. The average molecular weight is 439 g/mol. The highest BCUT2D eigenvalue weighted by Gasteiger charge is 2.35. The van der Waals surface area contributed by atoms with Crippen molar-refractivity contribution in [3.8, 4) is 17.2 Å². The van der Waals surface area contributed by atoms with Crippen LogP contribution in [0.15, 0.2) is 71.3 Å². The number of halogens is 3. The molecule has 0 bridgehead atoms. The summed E-state index contributed by atoms with van der Waals surface area (Å²) in [7, 11) is 0. The van der Waals surface area contributed by atoms with Crippen LogP contribution < -0.4 is 4.74 Å². The van der Waals surface area contributed by atoms with Gasteiger partial charge in [0.2, 0.25) is 5.88 Å². The summed E-state index contributed by atoms with van der Waals surface area (Å²) in [5.74, 6) is 0.259. The van der Waals surface area contributed by atoms with Gasteiger partial charge in [-0.1, -0.05) is 41.6 Å². The van der Waals surface area contributed by atoms with Crippen molar-refractivity contribution in [1.82, 2.24) is 15.0 Å². The fourth-order valence-corrected chi connectivity index (χ4v) is 3.54. The minimum atomic E-state index is -4.54. The number of ether oxygens (including phenoxy) is 1. The van der Waals surface area contributed by atoms with Crippen LogP contribution in [0, 0.1) is 0 Å². The Labute approximate surface area is 180 Å². The standard InChI is InChI=1S/C23H16F3N3O3/c24-23(25,26)19-7-4-8-20(27-19)31-16-12-29(13-16)22(30)15-9-10-18-17(11-15)21(32-28-18)14-5-2-1-3-6-14/h1-11,16H,12-13H2. The zero-order chi connectivity index (χ0) is 22.3. The van der Waals surface area contributed by atoms with E-state index in [-0.39, 0.29) is 24.9 Å². The van der Waals surface area contributed by atoms with Gasteiger partial charge in [0, 0.05) is 17.2 Å². The first-order chi connectivity index (χ1) is 15.4. The Balaban J connectivity index is 1.28. The second kappa shape index (κ2) is 7.67. The number of carbonyl (C=O) groups is 1. The van der Waals surface area contributed by atoms with E-state index in [0.29, 0.717) is 16.8 Å². The molecule has 0 saturated carbocycles. The highest BCUT2D eigenvalue weighted by molar-refractivity contribution is 6.01. The van der Waals surface area contributed by atoms with Gasteiger partial charge in [0.1, 0.15) is 17.3 Å². The van der Waals surface area contributed by atoms with Crippen molar-refractivity contribution in [3.05, 3.63) is 78.0 Å². The molecule has 0 unspecified atom stereocenters. The van der Waals surface area contributed by atoms with E-state index in [1.54, 1.807) is 23.1 Å². The van der Waals surface area contributed by atoms with Gasteiger partial charge in [0.15, 0.2) is 5.76 Å². The van der Waals surface area contributed by atoms with Crippen molar-refractivity contribution in [2.45, 2.75) is 12.3 Å². The molecule has 9 heteroatoms. The lowest BCUT2D eigenvalue weighted by Crippen LogP contribution is -2.56. The molecule has 0 aliphatic carbocycles. The summed E-state index contributed by atoms with van der Waals surface area (Å²) >= 11 is 0. The van der Waals surface area contributed by atoms with Crippen LogP contribution >= 0.6 is 0 Å². The van der Waals surface area contributed by atoms with Gasteiger partial charge >= 0.3 is 6.18 Å². The summed E-state index contributed by atoms with van der Waals surface area (Å²) in [6, 6.07) is 18.1. The molecule has 4 aromatic rings. The van der Waals surface area contributed by atoms with Crippen LogP contribution in [0.25, 0.3) is 22.2 Å². The van der Waals surface area contributed by atoms with Crippen LogP contribution in [0.4, 0.5) is 13.2 Å². The first-order valence-corrected chi connectivity index (χ1v) is 9.83. The minimum Gasteiger partial charge on any atom is -0.471 e. The molecule has 1 saturated heterocycles. The number of hydrogen-bond donors (Lipinski definition) is 0. The van der Waals surface area contributed by atoms with Gasteiger partial charge in [-0.15, -0.1) is 0 Å². The Hall–Kier alpha value is -3.88. The highest BCUT2D eigenvalue weighted by Crippen LogP contribution is 2.31. The number of alkyl halides is 3. The second-order valence-electron chi connectivity index (χ2n) is 7.42. The van der Waals surface area contributed by atoms with Gasteiger partial charge in [-0.2, -0.15) is 13.2 Å². The third-order valence-electron chi connectivity index (χ3n) is 5.20. The topological polar surface area (TPSA) is 68.5 Å². The number of benzene rings is 2. The van der Waals surface area contributed by atoms with Gasteiger partial charge < -0.3 is 14.2 Å². The average Bonchev–Trinajstić information content (AvgIpc) is 3.19. The van der Waals surface area contributed by atoms with E-state index in [2.05, 4.69) is 10.1 Å². The zero-order valence-corrected chi connectivity index (χ0v) is 16.5. The molecule has 2 aromatic carbocycles. The van der Waals surface area contributed by atoms with Crippen LogP contribution in [0.3, 0.4) is 0 Å². The second-order valence-corrected chi connectivity index (χ2v) is 7.42. The predicted octanol–water partition coefficient (Wildman–Crippen LogP) is 4.81. The Morgan fingerprint density at radius 1 is 1.03 bits per heavy atom. The third kappa shape index (κ3) is 3.77. The summed E-state index contributed by atoms with van der Waals surface area (Å²) < 4.78 is 49.4. The Bertz CT molecular complexity index is 1280. The van der Waals surface area contributed by atoms with Gasteiger partial charge in [0.25, 0.3) is 5.91 Å². The number of carbonyl (C=O) groups excluding carboxylic acids is 1. The summed E-state index contributed by atoms with van der Waals surface area (Å²) in [6.07, 6.45) is -4.96. The molecule has 0 radical (unpaired) electrons. The van der Waals surface area contributed by atoms with E-state index in [1.807, 2.05) is 30.3 Å². The van der Waals surface area contributed by atoms with Crippen molar-refractivity contribution in [3.63, 3.8) is 0 Å². The summed E-state index contributed by atoms with van der Waals surface area (Å²) in [5, 5.41) is 4.78. The lowest BCUT2D eigenvalue weighted by Gasteiger charge is -2.38. The van der Waals surface area contributed by atoms with Crippen molar-refractivity contribution >= 4 is 16.8 Å². The zero-order valence-electron chi connectivity index (χ0n) is 16.5. The van der Waals surface area contributed by atoms with E-state index in [0.717, 1.165) is 17.0 Å². The van der Waals surface area contributed by atoms with E-state index >= 15 is 0 Å². The highest BCUT2D eigenvalue weighted by atomic mass is 19.4. The molecule has 5 rings (SSSR count). The molecule has 6 nitrogen and oxygen atoms in total. The van der Waals surface area contributed by atoms with Crippen LogP contribution in [0.2, 0.25) is 0 Å². The quantitative estimate of drug-likeness (QED) is 0.457. The molecule has 2 aromatic heterocycles. The van der Waals surface area contributed by atoms with Crippen LogP contribution in [0.1, 0.15) is 16.1 Å². The molecule has 0 spiro atoms. The molecular weight excluding hydrogens is 423 g/mol. The van der Waals surface area contributed by atoms with E-state index < -0.39 is 18.0 Å². The maximum Gasteiger partial charge on any atom is 0.433 e. The number of pyridine rings is 1. The normalized spacial score (nSPS) is 14.4. The molecule has 0 N–H and O–H groups in total. The van der Waals surface area contributed by atoms with Crippen molar-refractivity contribution in [2.75, 3.05) is 13.1 Å². The largest absolute Gasteiger partial charge is 0.471 e. The number of amides is 1. The fourth-order valence-electron chi connectivity index (χ4n) is 3.54. The number of aromatic nitrogens is 2. The van der Waals surface area contributed by atoms with Gasteiger partial charge in [0.05, 0.1) is 18.5 Å². The molecule has 32 heavy (non-hydrogen) atoms. The van der Waals surface area contributed by atoms with Crippen LogP contribution in [-0.4, -0.2) is 40.1 Å². The lowest BCUT2D eigenvalue weighted by molar-refractivity contribution is -0.141. The Kier molecular flexibility index (Phi) is 4.80. The minimum absolute atomic E-state index is 0.115. The molecular formula is C23H16F3N3O3. The molecule has 1 amide bonds. The Morgan fingerprint density at radius 2 is 1.81 bits per heavy atom. The molecule has 1 aliphatic rings. The molecule has 0 atom stereocenters. The number of fused-ring (bicyclic) bond motifs is 1. The number of nitrogens with zero attached hydrogens (tertiary/aromatic N) is 3. The van der Waals surface area contributed by atoms with Crippen molar-refractivity contribution < 1.29 is 27.2 Å². The van der Waals surface area contributed by atoms with Crippen LogP contribution in [0.5, 0.6) is 5.88 Å². The van der Waals surface area contributed by atoms with E-state index in [1.165, 1.54) is 12.1 Å². The fraction of sp³-hybridized carbons (Fsp3) is 0.174. The van der Waals surface area contributed by atoms with E-state index in [4.69, 9.17) is 9.26 Å². The monoisotopic (exact) mass is 439 g/mol. The molecule has 1 aliphatic heterocycles.